The van der Waals surface area contributed by atoms with Gasteiger partial charge in [-0.1, -0.05) is 23.8 Å². The van der Waals surface area contributed by atoms with E-state index in [9.17, 15) is 0 Å². The molecule has 0 radical (unpaired) electrons. The highest BCUT2D eigenvalue weighted by Gasteiger charge is 2.29. The van der Waals surface area contributed by atoms with Gasteiger partial charge in [-0.05, 0) is 18.6 Å². The van der Waals surface area contributed by atoms with E-state index in [-0.39, 0.29) is 0 Å². The molecule has 0 N–H and O–H groups in total. The Kier molecular flexibility index (Phi) is 1.36. The number of rotatable bonds is 1. The number of thiophene rings is 1. The van der Waals surface area contributed by atoms with Crippen LogP contribution in [0.4, 0.5) is 0 Å². The Morgan fingerprint density at radius 3 is 2.70 bits per heavy atom. The van der Waals surface area contributed by atoms with Crippen LogP contribution in [0.2, 0.25) is 4.34 Å². The predicted octanol–water partition coefficient (Wildman–Crippen LogP) is 3.45. The summed E-state index contributed by atoms with van der Waals surface area (Å²) in [7, 11) is 0. The van der Waals surface area contributed by atoms with Crippen LogP contribution in [-0.2, 0) is 0 Å². The van der Waals surface area contributed by atoms with E-state index < -0.39 is 0 Å². The Labute approximate surface area is 69.1 Å². The lowest BCUT2D eigenvalue weighted by atomic mass is 10.3. The van der Waals surface area contributed by atoms with Crippen LogP contribution in [0.25, 0.3) is 0 Å². The highest BCUT2D eigenvalue weighted by atomic mass is 35.5. The first-order chi connectivity index (χ1) is 4.77. The molecule has 1 heterocycles. The fraction of sp³-hybridized carbons (Fsp3) is 0.250. The van der Waals surface area contributed by atoms with Crippen LogP contribution < -0.4 is 0 Å². The molecule has 0 spiro atoms. The van der Waals surface area contributed by atoms with Gasteiger partial charge in [0.05, 0.1) is 4.34 Å². The van der Waals surface area contributed by atoms with Gasteiger partial charge in [0.25, 0.3) is 0 Å². The van der Waals surface area contributed by atoms with Crippen LogP contribution in [-0.4, -0.2) is 0 Å². The summed E-state index contributed by atoms with van der Waals surface area (Å²) in [5.41, 5.74) is 1.35. The Balaban J connectivity index is 2.27. The van der Waals surface area contributed by atoms with Crippen LogP contribution in [0.3, 0.4) is 0 Å². The molecule has 1 saturated carbocycles. The van der Waals surface area contributed by atoms with Gasteiger partial charge >= 0.3 is 0 Å². The monoisotopic (exact) mass is 170 g/mol. The largest absolute Gasteiger partial charge is 0.128 e. The molecule has 2 heteroatoms. The molecule has 0 saturated heterocycles. The summed E-state index contributed by atoms with van der Waals surface area (Å²) >= 11 is 7.44. The summed E-state index contributed by atoms with van der Waals surface area (Å²) in [6.07, 6.45) is 1.16. The first kappa shape index (κ1) is 6.44. The van der Waals surface area contributed by atoms with Gasteiger partial charge in [0, 0.05) is 10.8 Å². The highest BCUT2D eigenvalue weighted by Crippen LogP contribution is 2.48. The Morgan fingerprint density at radius 1 is 1.60 bits per heavy atom. The number of hydrogen-bond acceptors (Lipinski definition) is 1. The van der Waals surface area contributed by atoms with Crippen molar-refractivity contribution < 1.29 is 0 Å². The molecule has 1 fully saturated rings. The summed E-state index contributed by atoms with van der Waals surface area (Å²) in [5.74, 6) is 0.637. The molecule has 0 amide bonds. The molecule has 0 aromatic carbocycles. The summed E-state index contributed by atoms with van der Waals surface area (Å²) in [6, 6.07) is 4.04. The molecule has 1 aromatic heterocycles. The molecule has 52 valence electrons. The molecule has 1 aromatic rings. The van der Waals surface area contributed by atoms with E-state index in [1.54, 1.807) is 11.3 Å². The summed E-state index contributed by atoms with van der Waals surface area (Å²) in [5, 5.41) is 0. The maximum atomic E-state index is 5.77. The Morgan fingerprint density at radius 2 is 2.30 bits per heavy atom. The summed E-state index contributed by atoms with van der Waals surface area (Å²) in [6.45, 7) is 3.90. The van der Waals surface area contributed by atoms with Crippen LogP contribution in [0.5, 0.6) is 0 Å². The second kappa shape index (κ2) is 2.11. The van der Waals surface area contributed by atoms with Crippen molar-refractivity contribution in [1.29, 1.82) is 0 Å². The van der Waals surface area contributed by atoms with Gasteiger partial charge < -0.3 is 0 Å². The maximum absolute atomic E-state index is 5.77. The van der Waals surface area contributed by atoms with Gasteiger partial charge in [-0.15, -0.1) is 11.3 Å². The van der Waals surface area contributed by atoms with E-state index in [2.05, 4.69) is 12.6 Å². The van der Waals surface area contributed by atoms with Gasteiger partial charge in [0.1, 0.15) is 0 Å². The van der Waals surface area contributed by atoms with Gasteiger partial charge in [-0.3, -0.25) is 0 Å². The molecule has 1 aliphatic carbocycles. The first-order valence-electron chi connectivity index (χ1n) is 3.20. The normalized spacial score (nSPS) is 23.3. The minimum atomic E-state index is 0.637. The quantitative estimate of drug-likeness (QED) is 0.567. The molecule has 0 aliphatic heterocycles. The zero-order chi connectivity index (χ0) is 7.14. The lowest BCUT2D eigenvalue weighted by Gasteiger charge is -1.83. The van der Waals surface area contributed by atoms with E-state index in [0.29, 0.717) is 5.92 Å². The summed E-state index contributed by atoms with van der Waals surface area (Å²) < 4.78 is 0.884. The molecular formula is C8H7ClS. The van der Waals surface area contributed by atoms with Crippen molar-refractivity contribution in [3.8, 4) is 0 Å². The van der Waals surface area contributed by atoms with Gasteiger partial charge in [0.15, 0.2) is 0 Å². The van der Waals surface area contributed by atoms with Crippen molar-refractivity contribution in [2.45, 2.75) is 12.3 Å². The van der Waals surface area contributed by atoms with E-state index in [0.717, 1.165) is 10.8 Å². The molecule has 10 heavy (non-hydrogen) atoms. The smallest absolute Gasteiger partial charge is 0.0931 e. The predicted molar refractivity (Wildman–Crippen MR) is 45.8 cm³/mol. The van der Waals surface area contributed by atoms with Crippen LogP contribution in [0, 0.1) is 0 Å². The van der Waals surface area contributed by atoms with Crippen LogP contribution in [0.15, 0.2) is 24.3 Å². The number of allylic oxidation sites excluding steroid dienone is 1. The lowest BCUT2D eigenvalue weighted by Crippen LogP contribution is -1.64. The SMILES string of the molecule is C=C1CC1c1ccc(Cl)s1. The minimum Gasteiger partial charge on any atom is -0.128 e. The third-order valence-electron chi connectivity index (χ3n) is 1.74. The fourth-order valence-corrected chi connectivity index (χ4v) is 2.24. The number of hydrogen-bond donors (Lipinski definition) is 0. The highest BCUT2D eigenvalue weighted by molar-refractivity contribution is 7.16. The Bertz CT molecular complexity index is 275. The lowest BCUT2D eigenvalue weighted by molar-refractivity contribution is 1.21. The minimum absolute atomic E-state index is 0.637. The van der Waals surface area contributed by atoms with E-state index in [1.165, 1.54) is 10.5 Å². The second-order valence-electron chi connectivity index (χ2n) is 2.56. The van der Waals surface area contributed by atoms with Crippen molar-refractivity contribution in [1.82, 2.24) is 0 Å². The first-order valence-corrected chi connectivity index (χ1v) is 4.40. The van der Waals surface area contributed by atoms with Crippen molar-refractivity contribution in [3.63, 3.8) is 0 Å². The summed E-state index contributed by atoms with van der Waals surface area (Å²) in [4.78, 5) is 1.37. The topological polar surface area (TPSA) is 0 Å². The molecule has 1 unspecified atom stereocenters. The fourth-order valence-electron chi connectivity index (χ4n) is 1.02. The second-order valence-corrected chi connectivity index (χ2v) is 4.30. The average molecular weight is 171 g/mol. The zero-order valence-electron chi connectivity index (χ0n) is 5.43. The molecule has 1 aliphatic rings. The van der Waals surface area contributed by atoms with Crippen molar-refractivity contribution >= 4 is 22.9 Å². The van der Waals surface area contributed by atoms with Crippen molar-refractivity contribution in [3.05, 3.63) is 33.5 Å². The number of halogens is 1. The van der Waals surface area contributed by atoms with E-state index in [4.69, 9.17) is 11.6 Å². The van der Waals surface area contributed by atoms with Gasteiger partial charge in [-0.2, -0.15) is 0 Å². The van der Waals surface area contributed by atoms with Gasteiger partial charge in [-0.25, -0.2) is 0 Å². The third-order valence-corrected chi connectivity index (χ3v) is 3.08. The standard InChI is InChI=1S/C8H7ClS/c1-5-4-6(5)7-2-3-8(9)10-7/h2-3,6H,1,4H2. The van der Waals surface area contributed by atoms with E-state index in [1.807, 2.05) is 6.07 Å². The molecule has 0 bridgehead atoms. The molecule has 2 rings (SSSR count). The van der Waals surface area contributed by atoms with Crippen molar-refractivity contribution in [2.24, 2.45) is 0 Å². The van der Waals surface area contributed by atoms with Gasteiger partial charge in [0.2, 0.25) is 0 Å². The van der Waals surface area contributed by atoms with E-state index >= 15 is 0 Å². The zero-order valence-corrected chi connectivity index (χ0v) is 7.00. The average Bonchev–Trinajstić information content (AvgIpc) is 2.42. The Hall–Kier alpha value is -0.270. The van der Waals surface area contributed by atoms with Crippen LogP contribution in [0.1, 0.15) is 17.2 Å². The molecular weight excluding hydrogens is 164 g/mol. The molecule has 0 nitrogen and oxygen atoms in total. The maximum Gasteiger partial charge on any atom is 0.0931 e. The third kappa shape index (κ3) is 0.998. The molecule has 1 atom stereocenters. The van der Waals surface area contributed by atoms with Crippen LogP contribution >= 0.6 is 22.9 Å². The van der Waals surface area contributed by atoms with Crippen molar-refractivity contribution in [2.75, 3.05) is 0 Å².